The number of nitrogens with one attached hydrogen (secondary N) is 1. The number of aryl methyl sites for hydroxylation is 2. The van der Waals surface area contributed by atoms with Crippen LogP contribution in [-0.4, -0.2) is 21.8 Å². The normalized spacial score (nSPS) is 11.0. The quantitative estimate of drug-likeness (QED) is 0.643. The Kier molecular flexibility index (Phi) is 6.44. The average molecular weight is 379 g/mol. The first kappa shape index (κ1) is 18.9. The number of hydrogen-bond donors (Lipinski definition) is 1. The molecule has 0 spiro atoms. The molecule has 138 valence electrons. The van der Waals surface area contributed by atoms with Gasteiger partial charge in [-0.2, -0.15) is 0 Å². The Labute approximate surface area is 162 Å². The summed E-state index contributed by atoms with van der Waals surface area (Å²) in [6.45, 7) is 3.80. The summed E-state index contributed by atoms with van der Waals surface area (Å²) in [7, 11) is 0. The summed E-state index contributed by atoms with van der Waals surface area (Å²) in [6.07, 6.45) is 5.68. The predicted octanol–water partition coefficient (Wildman–Crippen LogP) is 4.73. The highest BCUT2D eigenvalue weighted by atomic mass is 32.2. The summed E-state index contributed by atoms with van der Waals surface area (Å²) < 4.78 is 5.14. The highest BCUT2D eigenvalue weighted by Crippen LogP contribution is 2.20. The maximum Gasteiger partial charge on any atom is 0.234 e. The molecule has 6 heteroatoms. The molecule has 5 nitrogen and oxygen atoms in total. The molecule has 1 aromatic carbocycles. The summed E-state index contributed by atoms with van der Waals surface area (Å²) in [4.78, 5) is 16.5. The lowest BCUT2D eigenvalue weighted by atomic mass is 10.1. The molecule has 3 rings (SSSR count). The van der Waals surface area contributed by atoms with E-state index in [1.807, 2.05) is 68.5 Å². The van der Waals surface area contributed by atoms with Crippen molar-refractivity contribution in [1.82, 2.24) is 10.1 Å². The molecule has 0 radical (unpaired) electrons. The molecule has 0 aliphatic heterocycles. The van der Waals surface area contributed by atoms with E-state index < -0.39 is 0 Å². The third-order valence-electron chi connectivity index (χ3n) is 3.97. The van der Waals surface area contributed by atoms with Crippen LogP contribution in [0.25, 0.3) is 12.2 Å². The van der Waals surface area contributed by atoms with Gasteiger partial charge < -0.3 is 9.84 Å². The van der Waals surface area contributed by atoms with Crippen LogP contribution in [0.5, 0.6) is 0 Å². The Morgan fingerprint density at radius 3 is 2.81 bits per heavy atom. The number of carbonyl (C=O) groups is 1. The smallest absolute Gasteiger partial charge is 0.234 e. The molecule has 2 aromatic heterocycles. The molecule has 0 unspecified atom stereocenters. The van der Waals surface area contributed by atoms with Crippen molar-refractivity contribution in [3.8, 4) is 0 Å². The Balaban J connectivity index is 1.53. The zero-order valence-corrected chi connectivity index (χ0v) is 16.1. The van der Waals surface area contributed by atoms with Gasteiger partial charge in [0, 0.05) is 23.2 Å². The molecule has 3 aromatic rings. The molecule has 0 aliphatic rings. The Hall–Kier alpha value is -2.86. The second-order valence-electron chi connectivity index (χ2n) is 6.06. The van der Waals surface area contributed by atoms with Gasteiger partial charge in [-0.3, -0.25) is 9.78 Å². The molecule has 0 atom stereocenters. The van der Waals surface area contributed by atoms with E-state index in [0.29, 0.717) is 11.5 Å². The Morgan fingerprint density at radius 1 is 1.19 bits per heavy atom. The van der Waals surface area contributed by atoms with E-state index in [1.165, 1.54) is 0 Å². The number of benzene rings is 1. The van der Waals surface area contributed by atoms with Crippen LogP contribution in [0.2, 0.25) is 0 Å². The third-order valence-corrected chi connectivity index (χ3v) is 4.92. The van der Waals surface area contributed by atoms with E-state index in [-0.39, 0.29) is 5.91 Å². The Morgan fingerprint density at radius 2 is 2.07 bits per heavy atom. The summed E-state index contributed by atoms with van der Waals surface area (Å²) in [6, 6.07) is 13.5. The van der Waals surface area contributed by atoms with Gasteiger partial charge in [0.25, 0.3) is 0 Å². The van der Waals surface area contributed by atoms with Crippen LogP contribution in [-0.2, 0) is 10.5 Å². The predicted molar refractivity (Wildman–Crippen MR) is 110 cm³/mol. The minimum Gasteiger partial charge on any atom is -0.361 e. The number of rotatable bonds is 7. The summed E-state index contributed by atoms with van der Waals surface area (Å²) in [5.41, 5.74) is 4.62. The van der Waals surface area contributed by atoms with Crippen LogP contribution in [0.1, 0.15) is 28.3 Å². The number of pyridine rings is 1. The fraction of sp³-hybridized carbons (Fsp3) is 0.190. The molecule has 0 saturated heterocycles. The molecule has 0 aliphatic carbocycles. The summed E-state index contributed by atoms with van der Waals surface area (Å²) >= 11 is 1.54. The largest absolute Gasteiger partial charge is 0.361 e. The van der Waals surface area contributed by atoms with Crippen molar-refractivity contribution in [3.05, 3.63) is 76.9 Å². The molecule has 1 N–H and O–H groups in total. The lowest BCUT2D eigenvalue weighted by Crippen LogP contribution is -2.14. The molecule has 0 bridgehead atoms. The van der Waals surface area contributed by atoms with Crippen molar-refractivity contribution >= 4 is 35.5 Å². The number of anilines is 1. The maximum absolute atomic E-state index is 12.2. The second kappa shape index (κ2) is 9.19. The highest BCUT2D eigenvalue weighted by Gasteiger charge is 2.10. The van der Waals surface area contributed by atoms with E-state index in [9.17, 15) is 4.79 Å². The SMILES string of the molecule is Cc1noc(C)c1CSCC(=O)Nc1cccc(/C=C/c2ccccn2)c1. The van der Waals surface area contributed by atoms with Gasteiger partial charge in [-0.15, -0.1) is 11.8 Å². The fourth-order valence-corrected chi connectivity index (χ4v) is 3.50. The van der Waals surface area contributed by atoms with Crippen LogP contribution in [0.15, 0.2) is 53.2 Å². The van der Waals surface area contributed by atoms with Crippen molar-refractivity contribution in [2.45, 2.75) is 19.6 Å². The standard InChI is InChI=1S/C21H21N3O2S/c1-15-20(16(2)26-24-15)13-27-14-21(25)23-19-8-5-6-17(12-19)9-10-18-7-3-4-11-22-18/h3-12H,13-14H2,1-2H3,(H,23,25)/b10-9+. The number of carbonyl (C=O) groups excluding carboxylic acids is 1. The van der Waals surface area contributed by atoms with E-state index >= 15 is 0 Å². The van der Waals surface area contributed by atoms with Crippen LogP contribution in [0.4, 0.5) is 5.69 Å². The second-order valence-corrected chi connectivity index (χ2v) is 7.04. The van der Waals surface area contributed by atoms with Crippen LogP contribution in [0.3, 0.4) is 0 Å². The van der Waals surface area contributed by atoms with E-state index in [1.54, 1.807) is 18.0 Å². The average Bonchev–Trinajstić information content (AvgIpc) is 2.99. The van der Waals surface area contributed by atoms with Gasteiger partial charge in [0.2, 0.25) is 5.91 Å². The van der Waals surface area contributed by atoms with Gasteiger partial charge in [0.15, 0.2) is 0 Å². The van der Waals surface area contributed by atoms with Crippen molar-refractivity contribution in [2.75, 3.05) is 11.1 Å². The molecular weight excluding hydrogens is 358 g/mol. The fourth-order valence-electron chi connectivity index (χ4n) is 2.53. The van der Waals surface area contributed by atoms with Gasteiger partial charge in [-0.25, -0.2) is 0 Å². The van der Waals surface area contributed by atoms with Crippen molar-refractivity contribution in [1.29, 1.82) is 0 Å². The zero-order valence-electron chi connectivity index (χ0n) is 15.3. The first-order chi connectivity index (χ1) is 13.1. The molecule has 0 saturated carbocycles. The van der Waals surface area contributed by atoms with Crippen LogP contribution >= 0.6 is 11.8 Å². The van der Waals surface area contributed by atoms with Gasteiger partial charge in [-0.1, -0.05) is 29.4 Å². The summed E-state index contributed by atoms with van der Waals surface area (Å²) in [5, 5.41) is 6.87. The number of thioether (sulfide) groups is 1. The number of nitrogens with zero attached hydrogens (tertiary/aromatic N) is 2. The zero-order chi connectivity index (χ0) is 19.1. The lowest BCUT2D eigenvalue weighted by molar-refractivity contribution is -0.113. The molecule has 2 heterocycles. The van der Waals surface area contributed by atoms with Gasteiger partial charge >= 0.3 is 0 Å². The van der Waals surface area contributed by atoms with Gasteiger partial charge in [0.05, 0.1) is 17.1 Å². The number of amides is 1. The minimum absolute atomic E-state index is 0.0300. The minimum atomic E-state index is -0.0300. The van der Waals surface area contributed by atoms with E-state index in [2.05, 4.69) is 15.5 Å². The maximum atomic E-state index is 12.2. The topological polar surface area (TPSA) is 68.0 Å². The molecule has 0 fully saturated rings. The van der Waals surface area contributed by atoms with Crippen molar-refractivity contribution in [2.24, 2.45) is 0 Å². The summed E-state index contributed by atoms with van der Waals surface area (Å²) in [5.74, 6) is 1.87. The van der Waals surface area contributed by atoms with E-state index in [4.69, 9.17) is 4.52 Å². The Bertz CT molecular complexity index is 916. The van der Waals surface area contributed by atoms with Gasteiger partial charge in [0.1, 0.15) is 5.76 Å². The van der Waals surface area contributed by atoms with Gasteiger partial charge in [-0.05, 0) is 49.8 Å². The lowest BCUT2D eigenvalue weighted by Gasteiger charge is -2.06. The van der Waals surface area contributed by atoms with Crippen LogP contribution in [0, 0.1) is 13.8 Å². The van der Waals surface area contributed by atoms with Crippen molar-refractivity contribution in [3.63, 3.8) is 0 Å². The highest BCUT2D eigenvalue weighted by molar-refractivity contribution is 7.99. The molecular formula is C21H21N3O2S. The number of hydrogen-bond acceptors (Lipinski definition) is 5. The number of aromatic nitrogens is 2. The monoisotopic (exact) mass is 379 g/mol. The molecule has 27 heavy (non-hydrogen) atoms. The molecule has 1 amide bonds. The first-order valence-corrected chi connectivity index (χ1v) is 9.76. The third kappa shape index (κ3) is 5.56. The first-order valence-electron chi connectivity index (χ1n) is 8.60. The van der Waals surface area contributed by atoms with Crippen molar-refractivity contribution < 1.29 is 9.32 Å². The van der Waals surface area contributed by atoms with E-state index in [0.717, 1.165) is 34.0 Å². The van der Waals surface area contributed by atoms with Crippen LogP contribution < -0.4 is 5.32 Å².